The van der Waals surface area contributed by atoms with E-state index in [1.165, 1.54) is 30.3 Å². The molecule has 0 aromatic heterocycles. The molecule has 0 unspecified atom stereocenters. The number of nitro groups is 1. The van der Waals surface area contributed by atoms with Gasteiger partial charge in [-0.3, -0.25) is 25.0 Å². The second kappa shape index (κ2) is 10.2. The van der Waals surface area contributed by atoms with Gasteiger partial charge in [-0.05, 0) is 60.7 Å². The van der Waals surface area contributed by atoms with Gasteiger partial charge in [-0.1, -0.05) is 29.3 Å². The van der Waals surface area contributed by atoms with Gasteiger partial charge in [-0.15, -0.1) is 0 Å². The van der Waals surface area contributed by atoms with E-state index in [1.807, 2.05) is 0 Å². The SMILES string of the molecule is O=C(NC(=S)Nc1ccc(NC(=O)c2ccc(Cl)cc2Cl)cc1)c1cccc([N+](=O)[O-])c1. The van der Waals surface area contributed by atoms with Gasteiger partial charge in [0.2, 0.25) is 0 Å². The Morgan fingerprint density at radius 3 is 2.16 bits per heavy atom. The molecule has 0 saturated carbocycles. The Morgan fingerprint density at radius 2 is 1.53 bits per heavy atom. The van der Waals surface area contributed by atoms with Crippen LogP contribution >= 0.6 is 35.4 Å². The molecule has 32 heavy (non-hydrogen) atoms. The Hall–Kier alpha value is -3.53. The number of anilines is 2. The Kier molecular flexibility index (Phi) is 7.37. The van der Waals surface area contributed by atoms with E-state index in [9.17, 15) is 19.7 Å². The molecule has 0 bridgehead atoms. The summed E-state index contributed by atoms with van der Waals surface area (Å²) in [6.07, 6.45) is 0. The Morgan fingerprint density at radius 1 is 0.875 bits per heavy atom. The van der Waals surface area contributed by atoms with Crippen molar-refractivity contribution in [3.05, 3.63) is 98.0 Å². The van der Waals surface area contributed by atoms with Crippen molar-refractivity contribution < 1.29 is 14.5 Å². The monoisotopic (exact) mass is 488 g/mol. The lowest BCUT2D eigenvalue weighted by Gasteiger charge is -2.11. The number of thiocarbonyl (C=S) groups is 1. The van der Waals surface area contributed by atoms with Gasteiger partial charge in [-0.25, -0.2) is 0 Å². The normalized spacial score (nSPS) is 10.2. The standard InChI is InChI=1S/C21H14Cl2N4O4S/c22-13-4-9-17(18(23)11-13)20(29)24-14-5-7-15(8-6-14)25-21(32)26-19(28)12-2-1-3-16(10-12)27(30)31/h1-11H,(H,24,29)(H2,25,26,28,32). The second-order valence-electron chi connectivity index (χ2n) is 6.37. The highest BCUT2D eigenvalue weighted by Crippen LogP contribution is 2.22. The number of nitro benzene ring substituents is 1. The summed E-state index contributed by atoms with van der Waals surface area (Å²) in [5.41, 5.74) is 1.25. The van der Waals surface area contributed by atoms with Gasteiger partial charge >= 0.3 is 0 Å². The van der Waals surface area contributed by atoms with Crippen molar-refractivity contribution in [3.63, 3.8) is 0 Å². The van der Waals surface area contributed by atoms with Crippen LogP contribution < -0.4 is 16.0 Å². The average Bonchev–Trinajstić information content (AvgIpc) is 2.75. The zero-order chi connectivity index (χ0) is 23.3. The molecular weight excluding hydrogens is 475 g/mol. The number of hydrogen-bond acceptors (Lipinski definition) is 5. The number of hydrogen-bond donors (Lipinski definition) is 3. The number of carbonyl (C=O) groups excluding carboxylic acids is 2. The molecule has 0 aliphatic rings. The smallest absolute Gasteiger partial charge is 0.270 e. The Balaban J connectivity index is 1.58. The molecule has 0 aliphatic heterocycles. The fourth-order valence-electron chi connectivity index (χ4n) is 2.61. The van der Waals surface area contributed by atoms with E-state index >= 15 is 0 Å². The highest BCUT2D eigenvalue weighted by atomic mass is 35.5. The minimum atomic E-state index is -0.589. The van der Waals surface area contributed by atoms with E-state index < -0.39 is 16.7 Å². The third-order valence-corrected chi connectivity index (χ3v) is 4.87. The minimum Gasteiger partial charge on any atom is -0.332 e. The van der Waals surface area contributed by atoms with Crippen LogP contribution in [0.15, 0.2) is 66.7 Å². The quantitative estimate of drug-likeness (QED) is 0.255. The maximum atomic E-state index is 12.4. The summed E-state index contributed by atoms with van der Waals surface area (Å²) in [6, 6.07) is 16.4. The summed E-state index contributed by atoms with van der Waals surface area (Å²) >= 11 is 17.0. The first-order chi connectivity index (χ1) is 15.2. The van der Waals surface area contributed by atoms with Gasteiger partial charge in [0.05, 0.1) is 15.5 Å². The van der Waals surface area contributed by atoms with E-state index in [0.29, 0.717) is 16.4 Å². The Labute approximate surface area is 197 Å². The van der Waals surface area contributed by atoms with E-state index in [1.54, 1.807) is 30.3 Å². The molecule has 0 aliphatic carbocycles. The van der Waals surface area contributed by atoms with E-state index in [2.05, 4.69) is 16.0 Å². The average molecular weight is 489 g/mol. The number of halogens is 2. The molecular formula is C21H14Cl2N4O4S. The number of non-ortho nitro benzene ring substituents is 1. The van der Waals surface area contributed by atoms with E-state index in [0.717, 1.165) is 6.07 Å². The molecule has 0 heterocycles. The topological polar surface area (TPSA) is 113 Å². The van der Waals surface area contributed by atoms with Crippen LogP contribution in [0.2, 0.25) is 10.0 Å². The lowest BCUT2D eigenvalue weighted by Crippen LogP contribution is -2.34. The summed E-state index contributed by atoms with van der Waals surface area (Å²) < 4.78 is 0. The number of amides is 2. The van der Waals surface area contributed by atoms with Crippen LogP contribution in [0.1, 0.15) is 20.7 Å². The van der Waals surface area contributed by atoms with Crippen molar-refractivity contribution in [1.29, 1.82) is 0 Å². The number of carbonyl (C=O) groups is 2. The van der Waals surface area contributed by atoms with Gasteiger partial charge in [0.1, 0.15) is 0 Å². The minimum absolute atomic E-state index is 0.00578. The van der Waals surface area contributed by atoms with Gasteiger partial charge in [-0.2, -0.15) is 0 Å². The molecule has 3 aromatic carbocycles. The molecule has 0 radical (unpaired) electrons. The molecule has 0 fully saturated rings. The maximum absolute atomic E-state index is 12.4. The largest absolute Gasteiger partial charge is 0.332 e. The van der Waals surface area contributed by atoms with Crippen molar-refractivity contribution >= 4 is 69.4 Å². The summed E-state index contributed by atoms with van der Waals surface area (Å²) in [4.78, 5) is 34.9. The first kappa shape index (κ1) is 23.1. The third-order valence-electron chi connectivity index (χ3n) is 4.12. The van der Waals surface area contributed by atoms with Crippen LogP contribution in [0.25, 0.3) is 0 Å². The second-order valence-corrected chi connectivity index (χ2v) is 7.62. The summed E-state index contributed by atoms with van der Waals surface area (Å²) in [5.74, 6) is -0.984. The molecule has 0 atom stereocenters. The van der Waals surface area contributed by atoms with Gasteiger partial charge in [0.25, 0.3) is 17.5 Å². The number of benzene rings is 3. The van der Waals surface area contributed by atoms with Crippen LogP contribution in [-0.2, 0) is 0 Å². The van der Waals surface area contributed by atoms with Gasteiger partial charge in [0, 0.05) is 34.1 Å². The van der Waals surface area contributed by atoms with Crippen LogP contribution in [0.5, 0.6) is 0 Å². The number of rotatable bonds is 5. The zero-order valence-electron chi connectivity index (χ0n) is 16.1. The first-order valence-corrected chi connectivity index (χ1v) is 10.1. The van der Waals surface area contributed by atoms with Crippen molar-refractivity contribution in [2.75, 3.05) is 10.6 Å². The van der Waals surface area contributed by atoms with Crippen LogP contribution in [0.4, 0.5) is 17.1 Å². The maximum Gasteiger partial charge on any atom is 0.270 e. The van der Waals surface area contributed by atoms with Crippen molar-refractivity contribution in [2.24, 2.45) is 0 Å². The molecule has 3 N–H and O–H groups in total. The molecule has 2 amide bonds. The van der Waals surface area contributed by atoms with Crippen LogP contribution in [0.3, 0.4) is 0 Å². The fourth-order valence-corrected chi connectivity index (χ4v) is 3.31. The highest BCUT2D eigenvalue weighted by molar-refractivity contribution is 7.80. The zero-order valence-corrected chi connectivity index (χ0v) is 18.4. The molecule has 3 rings (SSSR count). The predicted octanol–water partition coefficient (Wildman–Crippen LogP) is 5.28. The van der Waals surface area contributed by atoms with Crippen LogP contribution in [-0.4, -0.2) is 21.9 Å². The molecule has 11 heteroatoms. The van der Waals surface area contributed by atoms with Gasteiger partial charge < -0.3 is 10.6 Å². The molecule has 0 saturated heterocycles. The van der Waals surface area contributed by atoms with E-state index in [-0.39, 0.29) is 26.9 Å². The molecule has 0 spiro atoms. The van der Waals surface area contributed by atoms with Crippen molar-refractivity contribution in [2.45, 2.75) is 0 Å². The van der Waals surface area contributed by atoms with Gasteiger partial charge in [0.15, 0.2) is 5.11 Å². The lowest BCUT2D eigenvalue weighted by atomic mass is 10.2. The molecule has 8 nitrogen and oxygen atoms in total. The molecule has 3 aromatic rings. The predicted molar refractivity (Wildman–Crippen MR) is 128 cm³/mol. The van der Waals surface area contributed by atoms with E-state index in [4.69, 9.17) is 35.4 Å². The summed E-state index contributed by atoms with van der Waals surface area (Å²) in [5, 5.41) is 19.5. The Bertz CT molecular complexity index is 1220. The van der Waals surface area contributed by atoms with Crippen molar-refractivity contribution in [3.8, 4) is 0 Å². The van der Waals surface area contributed by atoms with Crippen LogP contribution in [0, 0.1) is 10.1 Å². The summed E-state index contributed by atoms with van der Waals surface area (Å²) in [6.45, 7) is 0. The van der Waals surface area contributed by atoms with Crippen molar-refractivity contribution in [1.82, 2.24) is 5.32 Å². The molecule has 162 valence electrons. The number of nitrogens with one attached hydrogen (secondary N) is 3. The third kappa shape index (κ3) is 6.01. The lowest BCUT2D eigenvalue weighted by molar-refractivity contribution is -0.384. The fraction of sp³-hybridized carbons (Fsp3) is 0. The number of nitrogens with zero attached hydrogens (tertiary/aromatic N) is 1. The highest BCUT2D eigenvalue weighted by Gasteiger charge is 2.13. The summed E-state index contributed by atoms with van der Waals surface area (Å²) in [7, 11) is 0. The first-order valence-electron chi connectivity index (χ1n) is 8.96.